The minimum Gasteiger partial charge on any atom is -0.481 e. The highest BCUT2D eigenvalue weighted by Gasteiger charge is 2.51. The van der Waals surface area contributed by atoms with Gasteiger partial charge in [0.1, 0.15) is 6.10 Å². The molecule has 1 aliphatic rings. The summed E-state index contributed by atoms with van der Waals surface area (Å²) in [5, 5.41) is 10.1. The third kappa shape index (κ3) is 5.13. The van der Waals surface area contributed by atoms with E-state index in [1.54, 1.807) is 18.5 Å². The number of hydrogen-bond acceptors (Lipinski definition) is 4. The average molecular weight is 512 g/mol. The number of carbonyl (C=O) groups excluding carboxylic acids is 1. The Labute approximate surface area is 220 Å². The van der Waals surface area contributed by atoms with Crippen LogP contribution in [0.2, 0.25) is 5.02 Å². The predicted molar refractivity (Wildman–Crippen MR) is 143 cm³/mol. The number of hydrogen-bond donors (Lipinski definition) is 1. The van der Waals surface area contributed by atoms with Crippen molar-refractivity contribution in [1.82, 2.24) is 4.98 Å². The van der Waals surface area contributed by atoms with Crippen molar-refractivity contribution in [1.29, 1.82) is 0 Å². The van der Waals surface area contributed by atoms with Gasteiger partial charge in [0, 0.05) is 28.5 Å². The summed E-state index contributed by atoms with van der Waals surface area (Å²) in [7, 11) is 0. The van der Waals surface area contributed by atoms with E-state index in [0.29, 0.717) is 17.9 Å². The second-order valence-corrected chi connectivity index (χ2v) is 9.81. The molecular formula is C31H26ClNO4. The molecule has 1 heterocycles. The van der Waals surface area contributed by atoms with Crippen molar-refractivity contribution in [3.05, 3.63) is 113 Å². The van der Waals surface area contributed by atoms with Crippen LogP contribution in [0.15, 0.2) is 91.3 Å². The first-order chi connectivity index (χ1) is 17.9. The van der Waals surface area contributed by atoms with Gasteiger partial charge in [-0.1, -0.05) is 78.3 Å². The highest BCUT2D eigenvalue weighted by atomic mass is 35.5. The minimum absolute atomic E-state index is 0.112. The van der Waals surface area contributed by atoms with Crippen LogP contribution in [-0.2, 0) is 26.2 Å². The number of rotatable bonds is 8. The molecule has 5 rings (SSSR count). The number of nitrogens with zero attached hydrogens (tertiary/aromatic N) is 1. The molecule has 1 aromatic heterocycles. The van der Waals surface area contributed by atoms with E-state index in [-0.39, 0.29) is 12.4 Å². The zero-order valence-corrected chi connectivity index (χ0v) is 21.1. The van der Waals surface area contributed by atoms with Crippen molar-refractivity contribution < 1.29 is 19.4 Å². The molecule has 186 valence electrons. The number of carboxylic acids is 1. The Bertz CT molecular complexity index is 1440. The summed E-state index contributed by atoms with van der Waals surface area (Å²) in [6.45, 7) is 1.81. The molecule has 1 N–H and O–H groups in total. The number of halogens is 1. The van der Waals surface area contributed by atoms with Gasteiger partial charge in [-0.3, -0.25) is 14.6 Å². The summed E-state index contributed by atoms with van der Waals surface area (Å²) in [6.07, 6.45) is 4.46. The molecular weight excluding hydrogens is 486 g/mol. The lowest BCUT2D eigenvalue weighted by Gasteiger charge is -2.16. The summed E-state index contributed by atoms with van der Waals surface area (Å²) in [5.74, 6) is -1.09. The van der Waals surface area contributed by atoms with E-state index in [2.05, 4.69) is 4.98 Å². The molecule has 1 unspecified atom stereocenters. The Morgan fingerprint density at radius 2 is 1.57 bits per heavy atom. The number of ether oxygens (including phenoxy) is 1. The average Bonchev–Trinajstić information content (AvgIpc) is 3.72. The Kier molecular flexibility index (Phi) is 6.81. The normalized spacial score (nSPS) is 14.5. The third-order valence-corrected chi connectivity index (χ3v) is 7.37. The van der Waals surface area contributed by atoms with Crippen molar-refractivity contribution in [2.75, 3.05) is 0 Å². The molecule has 1 saturated carbocycles. The molecule has 1 atom stereocenters. The van der Waals surface area contributed by atoms with Gasteiger partial charge in [0.15, 0.2) is 0 Å². The zero-order chi connectivity index (χ0) is 26.0. The fourth-order valence-corrected chi connectivity index (χ4v) is 4.96. The Balaban J connectivity index is 1.30. The molecule has 0 spiro atoms. The van der Waals surface area contributed by atoms with Gasteiger partial charge in [-0.25, -0.2) is 0 Å². The van der Waals surface area contributed by atoms with Gasteiger partial charge in [0.25, 0.3) is 0 Å². The maximum absolute atomic E-state index is 12.8. The molecule has 5 nitrogen and oxygen atoms in total. The summed E-state index contributed by atoms with van der Waals surface area (Å²) in [4.78, 5) is 28.6. The second kappa shape index (κ2) is 10.2. The Hall–Kier alpha value is -3.96. The smallest absolute Gasteiger partial charge is 0.314 e. The maximum Gasteiger partial charge on any atom is 0.314 e. The fourth-order valence-electron chi connectivity index (χ4n) is 4.67. The Morgan fingerprint density at radius 1 is 0.946 bits per heavy atom. The topological polar surface area (TPSA) is 76.5 Å². The van der Waals surface area contributed by atoms with E-state index in [4.69, 9.17) is 16.3 Å². The van der Waals surface area contributed by atoms with E-state index < -0.39 is 17.5 Å². The molecule has 0 amide bonds. The fraction of sp³-hybridized carbons (Fsp3) is 0.194. The van der Waals surface area contributed by atoms with Gasteiger partial charge < -0.3 is 9.84 Å². The van der Waals surface area contributed by atoms with Crippen LogP contribution in [0, 0.1) is 0 Å². The van der Waals surface area contributed by atoms with Crippen molar-refractivity contribution in [2.24, 2.45) is 0 Å². The van der Waals surface area contributed by atoms with Crippen LogP contribution in [0.25, 0.3) is 22.3 Å². The minimum atomic E-state index is -0.751. The summed E-state index contributed by atoms with van der Waals surface area (Å²) >= 11 is 6.24. The number of aliphatic carboxylic acids is 1. The standard InChI is InChI=1S/C31H26ClNO4/c1-20(26-4-2-3-5-28(26)32)37-29(34)18-24-14-17-33-19-27(24)23-8-6-21(7-9-23)22-10-12-25(13-11-22)31(15-16-31)30(35)36/h2-14,17,19-20H,15-16,18H2,1H3,(H,35,36). The largest absolute Gasteiger partial charge is 0.481 e. The zero-order valence-electron chi connectivity index (χ0n) is 20.4. The van der Waals surface area contributed by atoms with Crippen LogP contribution >= 0.6 is 11.6 Å². The number of carboxylic acid groups (broad SMARTS) is 1. The second-order valence-electron chi connectivity index (χ2n) is 9.41. The third-order valence-electron chi connectivity index (χ3n) is 7.02. The van der Waals surface area contributed by atoms with Gasteiger partial charge >= 0.3 is 11.9 Å². The lowest BCUT2D eigenvalue weighted by Crippen LogP contribution is -2.19. The van der Waals surface area contributed by atoms with Crippen molar-refractivity contribution >= 4 is 23.5 Å². The van der Waals surface area contributed by atoms with E-state index in [0.717, 1.165) is 38.9 Å². The summed E-state index contributed by atoms with van der Waals surface area (Å²) in [6, 6.07) is 25.0. The summed E-state index contributed by atoms with van der Waals surface area (Å²) < 4.78 is 5.66. The highest BCUT2D eigenvalue weighted by molar-refractivity contribution is 6.31. The molecule has 37 heavy (non-hydrogen) atoms. The van der Waals surface area contributed by atoms with Crippen LogP contribution < -0.4 is 0 Å². The van der Waals surface area contributed by atoms with Crippen LogP contribution in [0.1, 0.15) is 42.6 Å². The van der Waals surface area contributed by atoms with Gasteiger partial charge in [-0.15, -0.1) is 0 Å². The number of pyridine rings is 1. The monoisotopic (exact) mass is 511 g/mol. The van der Waals surface area contributed by atoms with Gasteiger partial charge in [-0.2, -0.15) is 0 Å². The maximum atomic E-state index is 12.8. The van der Waals surface area contributed by atoms with E-state index in [9.17, 15) is 14.7 Å². The van der Waals surface area contributed by atoms with E-state index in [1.165, 1.54) is 0 Å². The predicted octanol–water partition coefficient (Wildman–Crippen LogP) is 7.03. The van der Waals surface area contributed by atoms with Crippen molar-refractivity contribution in [3.8, 4) is 22.3 Å². The lowest BCUT2D eigenvalue weighted by molar-refractivity contribution is -0.147. The first kappa shape index (κ1) is 24.7. The SMILES string of the molecule is CC(OC(=O)Cc1ccncc1-c1ccc(-c2ccc(C3(C(=O)O)CC3)cc2)cc1)c1ccccc1Cl. The van der Waals surface area contributed by atoms with E-state index >= 15 is 0 Å². The van der Waals surface area contributed by atoms with E-state index in [1.807, 2.05) is 79.7 Å². The van der Waals surface area contributed by atoms with Gasteiger partial charge in [0.2, 0.25) is 0 Å². The highest BCUT2D eigenvalue weighted by Crippen LogP contribution is 2.48. The molecule has 1 aliphatic carbocycles. The van der Waals surface area contributed by atoms with Gasteiger partial charge in [0.05, 0.1) is 11.8 Å². The number of benzene rings is 3. The van der Waals surface area contributed by atoms with Crippen LogP contribution in [0.3, 0.4) is 0 Å². The quantitative estimate of drug-likeness (QED) is 0.257. The van der Waals surface area contributed by atoms with Gasteiger partial charge in [-0.05, 0) is 59.7 Å². The molecule has 0 saturated heterocycles. The molecule has 0 aliphatic heterocycles. The van der Waals surface area contributed by atoms with Crippen LogP contribution in [-0.4, -0.2) is 22.0 Å². The summed E-state index contributed by atoms with van der Waals surface area (Å²) in [5.41, 5.74) is 5.59. The number of carbonyl (C=O) groups is 2. The molecule has 0 radical (unpaired) electrons. The van der Waals surface area contributed by atoms with Crippen molar-refractivity contribution in [3.63, 3.8) is 0 Å². The molecule has 6 heteroatoms. The lowest BCUT2D eigenvalue weighted by atomic mass is 9.93. The van der Waals surface area contributed by atoms with Crippen LogP contribution in [0.5, 0.6) is 0 Å². The molecule has 1 fully saturated rings. The molecule has 0 bridgehead atoms. The number of esters is 1. The van der Waals surface area contributed by atoms with Crippen molar-refractivity contribution in [2.45, 2.75) is 37.7 Å². The molecule has 4 aromatic rings. The number of aromatic nitrogens is 1. The first-order valence-electron chi connectivity index (χ1n) is 12.2. The first-order valence-corrected chi connectivity index (χ1v) is 12.6. The Morgan fingerprint density at radius 3 is 2.19 bits per heavy atom. The van der Waals surface area contributed by atoms with Crippen LogP contribution in [0.4, 0.5) is 0 Å². The molecule has 3 aromatic carbocycles.